The van der Waals surface area contributed by atoms with Crippen molar-refractivity contribution in [1.29, 1.82) is 0 Å². The van der Waals surface area contributed by atoms with E-state index in [9.17, 15) is 0 Å². The first-order valence-electron chi connectivity index (χ1n) is 8.10. The molecule has 1 aliphatic heterocycles. The summed E-state index contributed by atoms with van der Waals surface area (Å²) in [6.07, 6.45) is 0. The van der Waals surface area contributed by atoms with Gasteiger partial charge in [-0.2, -0.15) is 0 Å². The molecule has 0 radical (unpaired) electrons. The van der Waals surface area contributed by atoms with Crippen LogP contribution in [0.1, 0.15) is 0 Å². The summed E-state index contributed by atoms with van der Waals surface area (Å²) in [4.78, 5) is 0. The smallest absolute Gasteiger partial charge is 0.0711 e. The minimum atomic E-state index is -1.72. The second-order valence-electron chi connectivity index (χ2n) is 8.63. The van der Waals surface area contributed by atoms with Crippen LogP contribution < -0.4 is 10.4 Å². The minimum absolute atomic E-state index is 1.23. The molecule has 122 valence electrons. The molecule has 0 N–H and O–H groups in total. The van der Waals surface area contributed by atoms with Crippen LogP contribution in [0.4, 0.5) is 0 Å². The Morgan fingerprint density at radius 1 is 0.652 bits per heavy atom. The lowest BCUT2D eigenvalue weighted by Gasteiger charge is -2.49. The van der Waals surface area contributed by atoms with Gasteiger partial charge in [0.2, 0.25) is 0 Å². The summed E-state index contributed by atoms with van der Waals surface area (Å²) in [5, 5.41) is 3.41. The molecule has 2 aromatic rings. The highest BCUT2D eigenvalue weighted by atomic mass is 79.9. The van der Waals surface area contributed by atoms with Crippen molar-refractivity contribution in [1.82, 2.24) is 0 Å². The quantitative estimate of drug-likeness (QED) is 0.488. The van der Waals surface area contributed by atoms with Crippen molar-refractivity contribution in [2.75, 3.05) is 0 Å². The van der Waals surface area contributed by atoms with Gasteiger partial charge >= 0.3 is 0 Å². The molecule has 1 heterocycles. The summed E-state index contributed by atoms with van der Waals surface area (Å²) in [5.41, 5.74) is 3.01. The van der Waals surface area contributed by atoms with Gasteiger partial charge in [0.25, 0.3) is 0 Å². The lowest BCUT2D eigenvalue weighted by molar-refractivity contribution is 1.65. The lowest BCUT2D eigenvalue weighted by atomic mass is 10.1. The molecule has 2 aromatic carbocycles. The van der Waals surface area contributed by atoms with E-state index in [1.165, 1.54) is 20.1 Å². The van der Waals surface area contributed by atoms with Crippen LogP contribution in [0.2, 0.25) is 39.3 Å². The molecule has 0 unspecified atom stereocenters. The van der Waals surface area contributed by atoms with Crippen molar-refractivity contribution in [3.05, 3.63) is 45.3 Å². The summed E-state index contributed by atoms with van der Waals surface area (Å²) >= 11 is 7.51. The highest BCUT2D eigenvalue weighted by Crippen LogP contribution is 2.40. The number of hydrogen-bond acceptors (Lipinski definition) is 0. The van der Waals surface area contributed by atoms with Gasteiger partial charge in [0.05, 0.1) is 0 Å². The van der Waals surface area contributed by atoms with Crippen molar-refractivity contribution in [2.45, 2.75) is 39.3 Å². The molecule has 0 saturated carbocycles. The molecule has 5 heteroatoms. The normalized spacial score (nSPS) is 16.2. The second kappa shape index (κ2) is 5.53. The fourth-order valence-electron chi connectivity index (χ4n) is 5.01. The van der Waals surface area contributed by atoms with Crippen molar-refractivity contribution >= 4 is 64.5 Å². The maximum Gasteiger partial charge on any atom is 0.105 e. The zero-order chi connectivity index (χ0) is 17.2. The van der Waals surface area contributed by atoms with E-state index < -0.39 is 22.3 Å². The van der Waals surface area contributed by atoms with E-state index in [1.807, 2.05) is 0 Å². The fourth-order valence-corrected chi connectivity index (χ4v) is 53.1. The fraction of sp³-hybridized carbons (Fsp3) is 0.333. The lowest BCUT2D eigenvalue weighted by Crippen LogP contribution is -2.82. The molecule has 0 amide bonds. The molecule has 0 aliphatic carbocycles. The summed E-state index contributed by atoms with van der Waals surface area (Å²) < 4.78 is 2.47. The predicted molar refractivity (Wildman–Crippen MR) is 119 cm³/mol. The van der Waals surface area contributed by atoms with E-state index in [0.29, 0.717) is 0 Å². The molecule has 0 aromatic heterocycles. The van der Waals surface area contributed by atoms with Gasteiger partial charge in [0.15, 0.2) is 0 Å². The monoisotopic (exact) mass is 482 g/mol. The Labute approximate surface area is 159 Å². The van der Waals surface area contributed by atoms with E-state index in [1.54, 1.807) is 10.4 Å². The first-order valence-corrected chi connectivity index (χ1v) is 20.7. The average Bonchev–Trinajstić information content (AvgIpc) is 2.66. The summed E-state index contributed by atoms with van der Waals surface area (Å²) in [7, 11) is -4.52. The van der Waals surface area contributed by atoms with Gasteiger partial charge < -0.3 is 0 Å². The van der Waals surface area contributed by atoms with Gasteiger partial charge in [0, 0.05) is 24.1 Å². The van der Waals surface area contributed by atoms with Crippen LogP contribution in [0, 0.1) is 0 Å². The predicted octanol–water partition coefficient (Wildman–Crippen LogP) is 5.59. The van der Waals surface area contributed by atoms with Gasteiger partial charge in [-0.1, -0.05) is 93.6 Å². The van der Waals surface area contributed by atoms with Gasteiger partial charge in [-0.05, 0) is 35.4 Å². The third-order valence-corrected chi connectivity index (χ3v) is 43.5. The Bertz CT molecular complexity index is 718. The third-order valence-electron chi connectivity index (χ3n) is 5.31. The standard InChI is InChI=1S/C18H24Br2Si3/c1-21(2,3)23(22(4,5)6)17-11-13(19)7-9-15(17)16-10-8-14(20)12-18(16)23/h7-12H,1-6H3. The Hall–Kier alpha value is 0.0506. The van der Waals surface area contributed by atoms with Gasteiger partial charge in [-0.25, -0.2) is 0 Å². The van der Waals surface area contributed by atoms with Crippen LogP contribution in [0.25, 0.3) is 11.1 Å². The van der Waals surface area contributed by atoms with Crippen molar-refractivity contribution in [3.8, 4) is 11.1 Å². The zero-order valence-electron chi connectivity index (χ0n) is 14.7. The molecule has 1 aliphatic rings. The van der Waals surface area contributed by atoms with Crippen LogP contribution in [0.15, 0.2) is 45.3 Å². The molecular weight excluding hydrogens is 460 g/mol. The van der Waals surface area contributed by atoms with Gasteiger partial charge in [-0.3, -0.25) is 0 Å². The largest absolute Gasteiger partial charge is 0.105 e. The van der Waals surface area contributed by atoms with Gasteiger partial charge in [-0.15, -0.1) is 0 Å². The molecule has 0 nitrogen and oxygen atoms in total. The average molecular weight is 484 g/mol. The number of rotatable bonds is 2. The first-order chi connectivity index (χ1) is 10.5. The molecule has 0 spiro atoms. The summed E-state index contributed by atoms with van der Waals surface area (Å²) in [5.74, 6) is 0. The highest BCUT2D eigenvalue weighted by molar-refractivity contribution is 9.10. The molecule has 0 atom stereocenters. The summed E-state index contributed by atoms with van der Waals surface area (Å²) in [6, 6.07) is 14.0. The minimum Gasteiger partial charge on any atom is -0.0711 e. The van der Waals surface area contributed by atoms with Crippen LogP contribution >= 0.6 is 31.9 Å². The Morgan fingerprint density at radius 3 is 1.30 bits per heavy atom. The van der Waals surface area contributed by atoms with Crippen LogP contribution in [-0.2, 0) is 0 Å². The molecule has 0 saturated heterocycles. The maximum absolute atomic E-state index is 3.75. The molecule has 23 heavy (non-hydrogen) atoms. The second-order valence-corrected chi connectivity index (χ2v) is 37.0. The topological polar surface area (TPSA) is 0 Å². The Morgan fingerprint density at radius 2 is 1.00 bits per heavy atom. The summed E-state index contributed by atoms with van der Waals surface area (Å²) in [6.45, 7) is 15.7. The van der Waals surface area contributed by atoms with E-state index in [-0.39, 0.29) is 0 Å². The van der Waals surface area contributed by atoms with Crippen molar-refractivity contribution < 1.29 is 0 Å². The first kappa shape index (κ1) is 17.9. The number of benzene rings is 2. The number of fused-ring (bicyclic) bond motifs is 3. The highest BCUT2D eigenvalue weighted by Gasteiger charge is 2.61. The van der Waals surface area contributed by atoms with E-state index in [2.05, 4.69) is 108 Å². The number of hydrogen-bond donors (Lipinski definition) is 0. The van der Waals surface area contributed by atoms with E-state index in [0.717, 1.165) is 0 Å². The molecule has 0 fully saturated rings. The maximum atomic E-state index is 3.75. The van der Waals surface area contributed by atoms with Crippen LogP contribution in [0.3, 0.4) is 0 Å². The molecular formula is C18H24Br2Si3. The van der Waals surface area contributed by atoms with Crippen molar-refractivity contribution in [2.24, 2.45) is 0 Å². The van der Waals surface area contributed by atoms with E-state index in [4.69, 9.17) is 0 Å². The van der Waals surface area contributed by atoms with E-state index >= 15 is 0 Å². The number of halogens is 2. The third kappa shape index (κ3) is 2.46. The molecule has 3 rings (SSSR count). The van der Waals surface area contributed by atoms with Crippen LogP contribution in [0.5, 0.6) is 0 Å². The van der Waals surface area contributed by atoms with Crippen LogP contribution in [-0.4, -0.2) is 22.3 Å². The Kier molecular flexibility index (Phi) is 4.29. The van der Waals surface area contributed by atoms with Gasteiger partial charge in [0.1, 0.15) is 7.11 Å². The Balaban J connectivity index is 2.54. The molecule has 0 bridgehead atoms. The SMILES string of the molecule is C[Si](C)(C)[Si]1([Si](C)(C)C)c2cc(Br)ccc2-c2ccc(Br)cc21. The zero-order valence-corrected chi connectivity index (χ0v) is 20.9. The van der Waals surface area contributed by atoms with Crippen molar-refractivity contribution in [3.63, 3.8) is 0 Å².